The van der Waals surface area contributed by atoms with Crippen molar-refractivity contribution < 1.29 is 24.5 Å². The summed E-state index contributed by atoms with van der Waals surface area (Å²) in [5.74, 6) is -1.17. The lowest BCUT2D eigenvalue weighted by atomic mass is 10.3. The van der Waals surface area contributed by atoms with Crippen molar-refractivity contribution in [1.29, 1.82) is 0 Å². The highest BCUT2D eigenvalue weighted by atomic mass is 16.5. The molecule has 0 aliphatic rings. The summed E-state index contributed by atoms with van der Waals surface area (Å²) in [6.07, 6.45) is 0. The first kappa shape index (κ1) is 14.7. The summed E-state index contributed by atoms with van der Waals surface area (Å²) in [5, 5.41) is 19.9. The molecule has 7 nitrogen and oxygen atoms in total. The lowest BCUT2D eigenvalue weighted by molar-refractivity contribution is -0.140. The molecular weight excluding hydrogens is 216 g/mol. The Morgan fingerprint density at radius 1 is 1.50 bits per heavy atom. The normalized spacial score (nSPS) is 14.0. The molecule has 0 aliphatic heterocycles. The van der Waals surface area contributed by atoms with E-state index in [9.17, 15) is 9.59 Å². The van der Waals surface area contributed by atoms with E-state index in [-0.39, 0.29) is 19.3 Å². The third kappa shape index (κ3) is 4.45. The zero-order valence-corrected chi connectivity index (χ0v) is 9.64. The molecule has 0 bridgehead atoms. The van der Waals surface area contributed by atoms with E-state index in [4.69, 9.17) is 10.2 Å². The van der Waals surface area contributed by atoms with Crippen molar-refractivity contribution in [3.05, 3.63) is 0 Å². The van der Waals surface area contributed by atoms with Crippen LogP contribution in [0.4, 0.5) is 4.79 Å². The number of carbonyl (C=O) groups excluding carboxylic acids is 1. The van der Waals surface area contributed by atoms with Crippen molar-refractivity contribution >= 4 is 12.0 Å². The number of likely N-dealkylation sites (N-methyl/N-ethyl adjacent to an activating group) is 1. The molecule has 3 N–H and O–H groups in total. The number of hydrogen-bond acceptors (Lipinski definition) is 4. The van der Waals surface area contributed by atoms with Gasteiger partial charge in [-0.3, -0.25) is 0 Å². The number of methoxy groups -OCH3 is 1. The molecule has 0 aromatic heterocycles. The van der Waals surface area contributed by atoms with Gasteiger partial charge >= 0.3 is 12.0 Å². The van der Waals surface area contributed by atoms with E-state index in [1.165, 1.54) is 19.1 Å². The molecule has 0 aliphatic carbocycles. The summed E-state index contributed by atoms with van der Waals surface area (Å²) in [5.41, 5.74) is 0. The summed E-state index contributed by atoms with van der Waals surface area (Å²) in [4.78, 5) is 23.5. The lowest BCUT2D eigenvalue weighted by Gasteiger charge is -2.25. The average Bonchev–Trinajstić information content (AvgIpc) is 2.25. The monoisotopic (exact) mass is 234 g/mol. The fourth-order valence-corrected chi connectivity index (χ4v) is 0.915. The second kappa shape index (κ2) is 7.02. The smallest absolute Gasteiger partial charge is 0.328 e. The molecular formula is C9H18N2O5. The maximum absolute atomic E-state index is 11.5. The Hall–Kier alpha value is -1.34. The molecule has 7 heteroatoms. The molecule has 2 amide bonds. The Balaban J connectivity index is 4.34. The van der Waals surface area contributed by atoms with Gasteiger partial charge in [-0.2, -0.15) is 0 Å². The molecule has 2 unspecified atom stereocenters. The Labute approximate surface area is 94.0 Å². The van der Waals surface area contributed by atoms with Crippen LogP contribution in [0, 0.1) is 0 Å². The highest BCUT2D eigenvalue weighted by Crippen LogP contribution is 1.96. The zero-order valence-electron chi connectivity index (χ0n) is 9.64. The first-order chi connectivity index (χ1) is 7.43. The van der Waals surface area contributed by atoms with Crippen LogP contribution in [0.1, 0.15) is 6.92 Å². The van der Waals surface area contributed by atoms with E-state index in [0.717, 1.165) is 0 Å². The first-order valence-electron chi connectivity index (χ1n) is 4.80. The van der Waals surface area contributed by atoms with Crippen LogP contribution in [-0.4, -0.2) is 66.6 Å². The number of rotatable bonds is 6. The van der Waals surface area contributed by atoms with Gasteiger partial charge in [0.05, 0.1) is 19.3 Å². The van der Waals surface area contributed by atoms with E-state index in [1.807, 2.05) is 0 Å². The molecule has 0 heterocycles. The second-order valence-electron chi connectivity index (χ2n) is 3.44. The Morgan fingerprint density at radius 2 is 2.06 bits per heavy atom. The Bertz CT molecular complexity index is 246. The van der Waals surface area contributed by atoms with Crippen molar-refractivity contribution in [2.45, 2.75) is 19.0 Å². The van der Waals surface area contributed by atoms with E-state index in [1.54, 1.807) is 6.92 Å². The van der Waals surface area contributed by atoms with E-state index in [2.05, 4.69) is 10.1 Å². The first-order valence-corrected chi connectivity index (χ1v) is 4.80. The highest BCUT2D eigenvalue weighted by molar-refractivity contribution is 5.82. The SMILES string of the molecule is COCC(NC(=O)N(C)C(C)CO)C(=O)O. The van der Waals surface area contributed by atoms with Crippen LogP contribution in [0.25, 0.3) is 0 Å². The molecule has 0 aromatic carbocycles. The molecule has 2 atom stereocenters. The molecule has 94 valence electrons. The van der Waals surface area contributed by atoms with Crippen LogP contribution < -0.4 is 5.32 Å². The van der Waals surface area contributed by atoms with Gasteiger partial charge in [-0.25, -0.2) is 9.59 Å². The van der Waals surface area contributed by atoms with Crippen molar-refractivity contribution in [2.75, 3.05) is 27.4 Å². The van der Waals surface area contributed by atoms with Gasteiger partial charge in [-0.05, 0) is 6.92 Å². The van der Waals surface area contributed by atoms with Gasteiger partial charge < -0.3 is 25.2 Å². The molecule has 16 heavy (non-hydrogen) atoms. The number of ether oxygens (including phenoxy) is 1. The third-order valence-electron chi connectivity index (χ3n) is 2.17. The maximum atomic E-state index is 11.5. The molecule has 0 saturated carbocycles. The van der Waals surface area contributed by atoms with Gasteiger partial charge in [0.15, 0.2) is 6.04 Å². The minimum atomic E-state index is -1.17. The van der Waals surface area contributed by atoms with Crippen molar-refractivity contribution in [3.8, 4) is 0 Å². The number of carbonyl (C=O) groups is 2. The molecule has 0 rings (SSSR count). The number of nitrogens with zero attached hydrogens (tertiary/aromatic N) is 1. The molecule has 0 spiro atoms. The van der Waals surface area contributed by atoms with Crippen LogP contribution in [0.5, 0.6) is 0 Å². The Kier molecular flexibility index (Phi) is 6.43. The number of amides is 2. The third-order valence-corrected chi connectivity index (χ3v) is 2.17. The number of aliphatic hydroxyl groups is 1. The number of carboxylic acid groups (broad SMARTS) is 1. The van der Waals surface area contributed by atoms with Crippen LogP contribution in [0.15, 0.2) is 0 Å². The van der Waals surface area contributed by atoms with Gasteiger partial charge in [0.2, 0.25) is 0 Å². The largest absolute Gasteiger partial charge is 0.480 e. The summed E-state index contributed by atoms with van der Waals surface area (Å²) < 4.78 is 4.67. The highest BCUT2D eigenvalue weighted by Gasteiger charge is 2.23. The van der Waals surface area contributed by atoms with Gasteiger partial charge in [-0.15, -0.1) is 0 Å². The van der Waals surface area contributed by atoms with Crippen LogP contribution in [0.3, 0.4) is 0 Å². The fourth-order valence-electron chi connectivity index (χ4n) is 0.915. The number of urea groups is 1. The van der Waals surface area contributed by atoms with Gasteiger partial charge in [0.25, 0.3) is 0 Å². The predicted octanol–water partition coefficient (Wildman–Crippen LogP) is -0.892. The van der Waals surface area contributed by atoms with Crippen molar-refractivity contribution in [3.63, 3.8) is 0 Å². The quantitative estimate of drug-likeness (QED) is 0.553. The van der Waals surface area contributed by atoms with Crippen molar-refractivity contribution in [1.82, 2.24) is 10.2 Å². The minimum Gasteiger partial charge on any atom is -0.480 e. The van der Waals surface area contributed by atoms with Crippen LogP contribution in [-0.2, 0) is 9.53 Å². The number of aliphatic carboxylic acids is 1. The lowest BCUT2D eigenvalue weighted by Crippen LogP contribution is -2.51. The summed E-state index contributed by atoms with van der Waals surface area (Å²) in [6, 6.07) is -2.03. The topological polar surface area (TPSA) is 99.1 Å². The van der Waals surface area contributed by atoms with Crippen LogP contribution >= 0.6 is 0 Å². The standard InChI is InChI=1S/C9H18N2O5/c1-6(4-12)11(2)9(15)10-7(5-16-3)8(13)14/h6-7,12H,4-5H2,1-3H3,(H,10,15)(H,13,14). The predicted molar refractivity (Wildman–Crippen MR) is 56.1 cm³/mol. The summed E-state index contributed by atoms with van der Waals surface area (Å²) in [6.45, 7) is 1.35. The minimum absolute atomic E-state index is 0.109. The Morgan fingerprint density at radius 3 is 2.44 bits per heavy atom. The maximum Gasteiger partial charge on any atom is 0.328 e. The number of carboxylic acids is 1. The summed E-state index contributed by atoms with van der Waals surface area (Å²) in [7, 11) is 2.82. The second-order valence-corrected chi connectivity index (χ2v) is 3.44. The molecule has 0 fully saturated rings. The fraction of sp³-hybridized carbons (Fsp3) is 0.778. The van der Waals surface area contributed by atoms with Crippen LogP contribution in [0.2, 0.25) is 0 Å². The summed E-state index contributed by atoms with van der Waals surface area (Å²) >= 11 is 0. The average molecular weight is 234 g/mol. The van der Waals surface area contributed by atoms with Crippen molar-refractivity contribution in [2.24, 2.45) is 0 Å². The molecule has 0 radical (unpaired) electrons. The van der Waals surface area contributed by atoms with Gasteiger partial charge in [0, 0.05) is 14.2 Å². The molecule has 0 saturated heterocycles. The van der Waals surface area contributed by atoms with Gasteiger partial charge in [0.1, 0.15) is 0 Å². The molecule has 0 aromatic rings. The number of hydrogen-bond donors (Lipinski definition) is 3. The van der Waals surface area contributed by atoms with E-state index < -0.39 is 18.0 Å². The van der Waals surface area contributed by atoms with E-state index in [0.29, 0.717) is 0 Å². The number of aliphatic hydroxyl groups excluding tert-OH is 1. The number of nitrogens with one attached hydrogen (secondary N) is 1. The zero-order chi connectivity index (χ0) is 12.7. The van der Waals surface area contributed by atoms with Gasteiger partial charge in [-0.1, -0.05) is 0 Å². The van der Waals surface area contributed by atoms with E-state index >= 15 is 0 Å².